The van der Waals surface area contributed by atoms with Gasteiger partial charge in [-0.1, -0.05) is 17.8 Å². The van der Waals surface area contributed by atoms with Crippen molar-refractivity contribution in [2.45, 2.75) is 57.0 Å². The zero-order valence-electron chi connectivity index (χ0n) is 16.3. The van der Waals surface area contributed by atoms with Crippen LogP contribution < -0.4 is 5.56 Å². The highest BCUT2D eigenvalue weighted by Gasteiger charge is 2.27. The number of allylic oxidation sites excluding steroid dienone is 1. The number of carbonyl (C=O) groups excluding carboxylic acids is 1. The first kappa shape index (κ1) is 19.7. The van der Waals surface area contributed by atoms with Crippen LogP contribution in [0.25, 0.3) is 10.2 Å². The summed E-state index contributed by atoms with van der Waals surface area (Å²) >= 11 is 2.97. The summed E-state index contributed by atoms with van der Waals surface area (Å²) in [5.41, 5.74) is 1.17. The van der Waals surface area contributed by atoms with E-state index in [0.29, 0.717) is 24.8 Å². The smallest absolute Gasteiger partial charge is 0.263 e. The molecule has 0 bridgehead atoms. The number of thioether (sulfide) groups is 1. The number of nitrogens with zero attached hydrogens (tertiary/aromatic N) is 3. The lowest BCUT2D eigenvalue weighted by molar-refractivity contribution is -0.140. The number of amides is 1. The number of carbonyl (C=O) groups is 1. The highest BCUT2D eigenvalue weighted by Crippen LogP contribution is 2.35. The zero-order chi connectivity index (χ0) is 19.8. The molecule has 8 heteroatoms. The molecule has 1 fully saturated rings. The minimum Gasteiger partial charge on any atom is -0.372 e. The van der Waals surface area contributed by atoms with Gasteiger partial charge in [0.05, 0.1) is 23.3 Å². The van der Waals surface area contributed by atoms with Crippen molar-refractivity contribution in [3.8, 4) is 0 Å². The van der Waals surface area contributed by atoms with Crippen LogP contribution in [-0.4, -0.2) is 51.4 Å². The van der Waals surface area contributed by atoms with Gasteiger partial charge in [-0.05, 0) is 38.7 Å². The van der Waals surface area contributed by atoms with E-state index in [2.05, 4.69) is 6.58 Å². The molecule has 0 N–H and O–H groups in total. The lowest BCUT2D eigenvalue weighted by Crippen LogP contribution is -2.48. The van der Waals surface area contributed by atoms with Crippen LogP contribution >= 0.6 is 23.1 Å². The number of thiophene rings is 1. The van der Waals surface area contributed by atoms with Crippen LogP contribution in [0.15, 0.2) is 22.6 Å². The van der Waals surface area contributed by atoms with Crippen molar-refractivity contribution in [2.75, 3.05) is 18.8 Å². The molecule has 2 atom stereocenters. The van der Waals surface area contributed by atoms with Gasteiger partial charge in [-0.2, -0.15) is 0 Å². The number of rotatable bonds is 5. The molecular weight excluding hydrogens is 394 g/mol. The largest absolute Gasteiger partial charge is 0.372 e. The Hall–Kier alpha value is -1.64. The van der Waals surface area contributed by atoms with E-state index in [4.69, 9.17) is 9.72 Å². The van der Waals surface area contributed by atoms with Crippen molar-refractivity contribution in [3.63, 3.8) is 0 Å². The zero-order valence-corrected chi connectivity index (χ0v) is 17.9. The molecule has 28 heavy (non-hydrogen) atoms. The first-order valence-electron chi connectivity index (χ1n) is 9.70. The van der Waals surface area contributed by atoms with E-state index in [1.807, 2.05) is 18.7 Å². The third-order valence-electron chi connectivity index (χ3n) is 5.20. The number of aryl methyl sites for hydroxylation is 2. The number of hydrogen-bond donors (Lipinski definition) is 0. The summed E-state index contributed by atoms with van der Waals surface area (Å²) in [6, 6.07) is 0. The Morgan fingerprint density at radius 1 is 1.36 bits per heavy atom. The fourth-order valence-electron chi connectivity index (χ4n) is 4.06. The second-order valence-corrected chi connectivity index (χ2v) is 9.51. The van der Waals surface area contributed by atoms with E-state index in [1.165, 1.54) is 22.2 Å². The molecule has 4 rings (SSSR count). The second-order valence-electron chi connectivity index (χ2n) is 7.48. The van der Waals surface area contributed by atoms with Crippen LogP contribution in [0.5, 0.6) is 0 Å². The Morgan fingerprint density at radius 2 is 2.11 bits per heavy atom. The molecule has 0 radical (unpaired) electrons. The molecule has 6 nitrogen and oxygen atoms in total. The molecule has 150 valence electrons. The quantitative estimate of drug-likeness (QED) is 0.424. The van der Waals surface area contributed by atoms with Gasteiger partial charge in [-0.15, -0.1) is 17.9 Å². The number of fused-ring (bicyclic) bond motifs is 3. The van der Waals surface area contributed by atoms with Crippen LogP contribution in [0.3, 0.4) is 0 Å². The van der Waals surface area contributed by atoms with Gasteiger partial charge >= 0.3 is 0 Å². The molecule has 3 heterocycles. The minimum atomic E-state index is -0.00661. The van der Waals surface area contributed by atoms with Crippen LogP contribution in [0.1, 0.15) is 30.7 Å². The summed E-state index contributed by atoms with van der Waals surface area (Å²) in [6.45, 7) is 9.35. The Morgan fingerprint density at radius 3 is 2.82 bits per heavy atom. The van der Waals surface area contributed by atoms with Crippen LogP contribution in [-0.2, 0) is 28.9 Å². The maximum atomic E-state index is 13.1. The fourth-order valence-corrected chi connectivity index (χ4v) is 6.27. The standard InChI is InChI=1S/C20H25N3O3S2/c1-4-8-23-19(25)17-14-6-5-7-15(14)28-18(17)21-20(23)27-11-16(24)22-9-12(2)26-13(3)10-22/h4,12-13H,1,5-11H2,2-3H3/t12-,13+. The Labute approximate surface area is 172 Å². The normalized spacial score (nSPS) is 21.9. The highest BCUT2D eigenvalue weighted by molar-refractivity contribution is 7.99. The molecule has 0 aromatic carbocycles. The first-order chi connectivity index (χ1) is 13.5. The van der Waals surface area contributed by atoms with Crippen molar-refractivity contribution in [1.29, 1.82) is 0 Å². The summed E-state index contributed by atoms with van der Waals surface area (Å²) in [5, 5.41) is 1.37. The Bertz CT molecular complexity index is 971. The molecule has 2 aromatic rings. The number of ether oxygens (including phenoxy) is 1. The predicted molar refractivity (Wildman–Crippen MR) is 113 cm³/mol. The lowest BCUT2D eigenvalue weighted by atomic mass is 10.2. The minimum absolute atomic E-state index is 0.00661. The molecule has 1 aliphatic carbocycles. The van der Waals surface area contributed by atoms with E-state index in [1.54, 1.807) is 22.0 Å². The number of aromatic nitrogens is 2. The van der Waals surface area contributed by atoms with Gasteiger partial charge in [-0.25, -0.2) is 4.98 Å². The molecule has 0 spiro atoms. The maximum absolute atomic E-state index is 13.1. The third kappa shape index (κ3) is 3.65. The molecule has 2 aromatic heterocycles. The summed E-state index contributed by atoms with van der Waals surface area (Å²) in [7, 11) is 0. The van der Waals surface area contributed by atoms with Crippen LogP contribution in [0.2, 0.25) is 0 Å². The van der Waals surface area contributed by atoms with Crippen molar-refractivity contribution >= 4 is 39.2 Å². The molecule has 1 saturated heterocycles. The average Bonchev–Trinajstić information content (AvgIpc) is 3.22. The number of morpholine rings is 1. The summed E-state index contributed by atoms with van der Waals surface area (Å²) in [6.07, 6.45) is 4.89. The first-order valence-corrected chi connectivity index (χ1v) is 11.5. The molecule has 1 amide bonds. The van der Waals surface area contributed by atoms with Gasteiger partial charge in [0.1, 0.15) is 4.83 Å². The summed E-state index contributed by atoms with van der Waals surface area (Å²) in [4.78, 5) is 34.6. The van der Waals surface area contributed by atoms with E-state index < -0.39 is 0 Å². The molecule has 1 aliphatic heterocycles. The van der Waals surface area contributed by atoms with Crippen LogP contribution in [0, 0.1) is 0 Å². The van der Waals surface area contributed by atoms with Gasteiger partial charge in [0.25, 0.3) is 5.56 Å². The maximum Gasteiger partial charge on any atom is 0.263 e. The molecule has 0 unspecified atom stereocenters. The predicted octanol–water partition coefficient (Wildman–Crippen LogP) is 2.86. The molecule has 2 aliphatic rings. The lowest BCUT2D eigenvalue weighted by Gasteiger charge is -2.35. The van der Waals surface area contributed by atoms with E-state index in [9.17, 15) is 9.59 Å². The monoisotopic (exact) mass is 419 g/mol. The van der Waals surface area contributed by atoms with Gasteiger partial charge in [0.15, 0.2) is 5.16 Å². The third-order valence-corrected chi connectivity index (χ3v) is 7.35. The van der Waals surface area contributed by atoms with Crippen molar-refractivity contribution < 1.29 is 9.53 Å². The molecular formula is C20H25N3O3S2. The van der Waals surface area contributed by atoms with Gasteiger partial charge in [0, 0.05) is 24.5 Å². The van der Waals surface area contributed by atoms with Gasteiger partial charge in [0.2, 0.25) is 5.91 Å². The van der Waals surface area contributed by atoms with Crippen LogP contribution in [0.4, 0.5) is 0 Å². The van der Waals surface area contributed by atoms with E-state index in [0.717, 1.165) is 29.5 Å². The summed E-state index contributed by atoms with van der Waals surface area (Å²) < 4.78 is 7.36. The van der Waals surface area contributed by atoms with E-state index in [-0.39, 0.29) is 29.4 Å². The van der Waals surface area contributed by atoms with E-state index >= 15 is 0 Å². The van der Waals surface area contributed by atoms with Crippen molar-refractivity contribution in [3.05, 3.63) is 33.4 Å². The van der Waals surface area contributed by atoms with Gasteiger partial charge < -0.3 is 9.64 Å². The Kier molecular flexibility index (Phi) is 5.62. The summed E-state index contributed by atoms with van der Waals surface area (Å²) in [5.74, 6) is 0.319. The fraction of sp³-hybridized carbons (Fsp3) is 0.550. The van der Waals surface area contributed by atoms with Crippen molar-refractivity contribution in [2.24, 2.45) is 0 Å². The number of hydrogen-bond acceptors (Lipinski definition) is 6. The highest BCUT2D eigenvalue weighted by atomic mass is 32.2. The second kappa shape index (κ2) is 8.00. The van der Waals surface area contributed by atoms with Crippen molar-refractivity contribution in [1.82, 2.24) is 14.5 Å². The molecule has 0 saturated carbocycles. The SMILES string of the molecule is C=CCn1c(SCC(=O)N2C[C@@H](C)O[C@@H](C)C2)nc2sc3c(c2c1=O)CCC3. The van der Waals surface area contributed by atoms with Gasteiger partial charge in [-0.3, -0.25) is 14.2 Å². The Balaban J connectivity index is 1.59. The topological polar surface area (TPSA) is 64.4 Å². The average molecular weight is 420 g/mol.